The predicted octanol–water partition coefficient (Wildman–Crippen LogP) is 5.28. The van der Waals surface area contributed by atoms with E-state index >= 15 is 0 Å². The molecular weight excluding hydrogens is 426 g/mol. The monoisotopic (exact) mass is 447 g/mol. The maximum atomic E-state index is 9.33. The Morgan fingerprint density at radius 2 is 2.00 bits per heavy atom. The van der Waals surface area contributed by atoms with Crippen LogP contribution in [0, 0.1) is 0 Å². The molecule has 8 heteroatoms. The van der Waals surface area contributed by atoms with E-state index in [0.29, 0.717) is 28.9 Å². The molecule has 7 nitrogen and oxygen atoms in total. The molecule has 2 aromatic carbocycles. The zero-order chi connectivity index (χ0) is 22.3. The van der Waals surface area contributed by atoms with Crippen LogP contribution in [-0.4, -0.2) is 32.5 Å². The van der Waals surface area contributed by atoms with Gasteiger partial charge in [0.2, 0.25) is 0 Å². The molecule has 0 saturated carbocycles. The molecule has 3 heterocycles. The summed E-state index contributed by atoms with van der Waals surface area (Å²) < 4.78 is 7.98. The van der Waals surface area contributed by atoms with Gasteiger partial charge in [-0.25, -0.2) is 9.97 Å². The third kappa shape index (κ3) is 3.70. The van der Waals surface area contributed by atoms with Gasteiger partial charge in [-0.05, 0) is 67.4 Å². The lowest BCUT2D eigenvalue weighted by atomic mass is 9.94. The fourth-order valence-electron chi connectivity index (χ4n) is 3.88. The molecule has 1 aliphatic rings. The molecule has 0 aliphatic carbocycles. The van der Waals surface area contributed by atoms with Gasteiger partial charge in [-0.3, -0.25) is 4.99 Å². The van der Waals surface area contributed by atoms with Crippen LogP contribution in [0.25, 0.3) is 11.0 Å². The molecule has 0 saturated heterocycles. The normalized spacial score (nSPS) is 14.0. The van der Waals surface area contributed by atoms with E-state index < -0.39 is 0 Å². The van der Waals surface area contributed by atoms with Gasteiger partial charge in [0.15, 0.2) is 5.82 Å². The maximum Gasteiger partial charge on any atom is 0.158 e. The third-order valence-corrected chi connectivity index (χ3v) is 5.82. The van der Waals surface area contributed by atoms with Gasteiger partial charge in [-0.15, -0.1) is 0 Å². The van der Waals surface area contributed by atoms with Gasteiger partial charge >= 0.3 is 0 Å². The lowest BCUT2D eigenvalue weighted by molar-refractivity contribution is 0.278. The van der Waals surface area contributed by atoms with Crippen LogP contribution in [0.2, 0.25) is 5.02 Å². The second kappa shape index (κ2) is 7.93. The average molecular weight is 448 g/mol. The summed E-state index contributed by atoms with van der Waals surface area (Å²) in [7, 11) is 0. The van der Waals surface area contributed by atoms with E-state index in [-0.39, 0.29) is 12.1 Å². The number of aliphatic imine (C=N–C) groups is 1. The molecule has 0 atom stereocenters. The number of nitrogens with one attached hydrogen (secondary N) is 1. The quantitative estimate of drug-likeness (QED) is 0.420. The molecule has 4 aromatic rings. The number of anilines is 2. The minimum absolute atomic E-state index is 0.0297. The largest absolute Gasteiger partial charge is 0.456 e. The van der Waals surface area contributed by atoms with Crippen molar-refractivity contribution in [1.82, 2.24) is 14.5 Å². The first-order chi connectivity index (χ1) is 15.4. The van der Waals surface area contributed by atoms with Gasteiger partial charge in [0.1, 0.15) is 23.3 Å². The molecule has 0 unspecified atom stereocenters. The van der Waals surface area contributed by atoms with Gasteiger partial charge in [-0.2, -0.15) is 0 Å². The van der Waals surface area contributed by atoms with Crippen LogP contribution < -0.4 is 10.1 Å². The number of halogens is 1. The number of rotatable bonds is 6. The van der Waals surface area contributed by atoms with E-state index in [0.717, 1.165) is 27.8 Å². The minimum Gasteiger partial charge on any atom is -0.456 e. The molecule has 0 fully saturated rings. The van der Waals surface area contributed by atoms with E-state index in [1.807, 2.05) is 53.4 Å². The summed E-state index contributed by atoms with van der Waals surface area (Å²) in [6.45, 7) is 4.64. The topological polar surface area (TPSA) is 84.6 Å². The lowest BCUT2D eigenvalue weighted by Crippen LogP contribution is -2.10. The number of ether oxygens (including phenoxy) is 1. The average Bonchev–Trinajstić information content (AvgIpc) is 3.32. The molecule has 2 N–H and O–H groups in total. The first-order valence-corrected chi connectivity index (χ1v) is 10.7. The van der Waals surface area contributed by atoms with Crippen molar-refractivity contribution in [2.75, 3.05) is 11.9 Å². The van der Waals surface area contributed by atoms with Gasteiger partial charge in [0, 0.05) is 24.6 Å². The number of aliphatic hydroxyl groups excluding tert-OH is 1. The summed E-state index contributed by atoms with van der Waals surface area (Å²) in [5, 5.41) is 13.1. The Morgan fingerprint density at radius 3 is 2.81 bits per heavy atom. The fraction of sp³-hybridized carbons (Fsp3) is 0.208. The summed E-state index contributed by atoms with van der Waals surface area (Å²) >= 11 is 6.54. The molecule has 0 radical (unpaired) electrons. The molecule has 0 amide bonds. The van der Waals surface area contributed by atoms with Crippen LogP contribution in [0.3, 0.4) is 0 Å². The molecule has 5 rings (SSSR count). The zero-order valence-corrected chi connectivity index (χ0v) is 18.5. The smallest absolute Gasteiger partial charge is 0.158 e. The first kappa shape index (κ1) is 20.5. The minimum atomic E-state index is -0.261. The Kier molecular flexibility index (Phi) is 5.07. The lowest BCUT2D eigenvalue weighted by Gasteiger charge is -2.17. The van der Waals surface area contributed by atoms with Crippen molar-refractivity contribution >= 4 is 40.4 Å². The highest BCUT2D eigenvalue weighted by atomic mass is 35.5. The van der Waals surface area contributed by atoms with Crippen molar-refractivity contribution in [1.29, 1.82) is 0 Å². The van der Waals surface area contributed by atoms with Gasteiger partial charge in [0.25, 0.3) is 0 Å². The van der Waals surface area contributed by atoms with Crippen LogP contribution in [-0.2, 0) is 12.1 Å². The third-order valence-electron chi connectivity index (χ3n) is 5.52. The van der Waals surface area contributed by atoms with Crippen LogP contribution in [0.1, 0.15) is 25.0 Å². The molecule has 0 spiro atoms. The molecule has 1 aliphatic heterocycles. The molecule has 2 aromatic heterocycles. The Bertz CT molecular complexity index is 1350. The van der Waals surface area contributed by atoms with Crippen LogP contribution in [0.15, 0.2) is 60.0 Å². The predicted molar refractivity (Wildman–Crippen MR) is 126 cm³/mol. The highest BCUT2D eigenvalue weighted by Crippen LogP contribution is 2.38. The highest BCUT2D eigenvalue weighted by molar-refractivity contribution is 6.32. The van der Waals surface area contributed by atoms with Crippen molar-refractivity contribution < 1.29 is 9.84 Å². The van der Waals surface area contributed by atoms with Crippen molar-refractivity contribution in [3.63, 3.8) is 0 Å². The summed E-state index contributed by atoms with van der Waals surface area (Å²) in [6.07, 6.45) is 5.29. The summed E-state index contributed by atoms with van der Waals surface area (Å²) in [5.74, 6) is 1.91. The summed E-state index contributed by atoms with van der Waals surface area (Å²) in [4.78, 5) is 13.2. The Morgan fingerprint density at radius 1 is 1.12 bits per heavy atom. The number of aliphatic hydroxyl groups is 1. The highest BCUT2D eigenvalue weighted by Gasteiger charge is 2.26. The van der Waals surface area contributed by atoms with Crippen molar-refractivity contribution in [3.05, 3.63) is 71.1 Å². The van der Waals surface area contributed by atoms with E-state index in [1.165, 1.54) is 6.33 Å². The SMILES string of the molecule is CC1(C)N=Cc2ccc(Oc3ccc(Nc4ncnc5ccn(CCO)c45)cc3Cl)cc21. The van der Waals surface area contributed by atoms with Gasteiger partial charge in [-0.1, -0.05) is 11.6 Å². The van der Waals surface area contributed by atoms with Crippen molar-refractivity contribution in [3.8, 4) is 11.5 Å². The number of aromatic nitrogens is 3. The molecule has 0 bridgehead atoms. The van der Waals surface area contributed by atoms with Crippen molar-refractivity contribution in [2.24, 2.45) is 4.99 Å². The number of fused-ring (bicyclic) bond motifs is 2. The molecule has 162 valence electrons. The Hall–Kier alpha value is -3.42. The van der Waals surface area contributed by atoms with Crippen LogP contribution in [0.5, 0.6) is 11.5 Å². The maximum absolute atomic E-state index is 9.33. The van der Waals surface area contributed by atoms with E-state index in [1.54, 1.807) is 6.07 Å². The first-order valence-electron chi connectivity index (χ1n) is 10.3. The number of hydrogen-bond acceptors (Lipinski definition) is 6. The van der Waals surface area contributed by atoms with Crippen LogP contribution >= 0.6 is 11.6 Å². The Balaban J connectivity index is 1.39. The second-order valence-corrected chi connectivity index (χ2v) is 8.53. The molecular formula is C24H22ClN5O2. The Labute approximate surface area is 190 Å². The van der Waals surface area contributed by atoms with E-state index in [2.05, 4.69) is 34.1 Å². The zero-order valence-electron chi connectivity index (χ0n) is 17.7. The van der Waals surface area contributed by atoms with Gasteiger partial charge < -0.3 is 19.7 Å². The molecule has 32 heavy (non-hydrogen) atoms. The van der Waals surface area contributed by atoms with Crippen molar-refractivity contribution in [2.45, 2.75) is 25.9 Å². The summed E-state index contributed by atoms with van der Waals surface area (Å²) in [5.41, 5.74) is 4.36. The van der Waals surface area contributed by atoms with Crippen LogP contribution in [0.4, 0.5) is 11.5 Å². The fourth-order valence-corrected chi connectivity index (χ4v) is 4.10. The standard InChI is InChI=1S/C24H22ClN5O2/c1-24(2)18-12-17(5-3-15(18)13-28-24)32-21-6-4-16(11-19(21)25)29-23-22-20(26-14-27-23)7-8-30(22)9-10-31/h3-8,11-14,31H,9-10H2,1-2H3,(H,26,27,29). The number of nitrogens with zero attached hydrogens (tertiary/aromatic N) is 4. The summed E-state index contributed by atoms with van der Waals surface area (Å²) in [6, 6.07) is 13.3. The van der Waals surface area contributed by atoms with E-state index in [9.17, 15) is 5.11 Å². The van der Waals surface area contributed by atoms with Gasteiger partial charge in [0.05, 0.1) is 22.7 Å². The van der Waals surface area contributed by atoms with E-state index in [4.69, 9.17) is 16.3 Å². The number of hydrogen-bond donors (Lipinski definition) is 2. The number of benzene rings is 2. The second-order valence-electron chi connectivity index (χ2n) is 8.13.